The Hall–Kier alpha value is -2.28. The second-order valence-electron chi connectivity index (χ2n) is 5.43. The number of halogens is 3. The minimum absolute atomic E-state index is 0.0600. The van der Waals surface area contributed by atoms with Crippen LogP contribution >= 0.6 is 11.6 Å². The zero-order valence-corrected chi connectivity index (χ0v) is 13.6. The minimum Gasteiger partial charge on any atom is -0.277 e. The molecule has 0 aliphatic carbocycles. The van der Waals surface area contributed by atoms with Crippen LogP contribution in [0, 0.1) is 11.6 Å². The van der Waals surface area contributed by atoms with E-state index in [9.17, 15) is 18.4 Å². The molecule has 126 valence electrons. The van der Waals surface area contributed by atoms with Gasteiger partial charge in [-0.25, -0.2) is 13.5 Å². The number of aromatic nitrogens is 2. The predicted molar refractivity (Wildman–Crippen MR) is 82.7 cm³/mol. The highest BCUT2D eigenvalue weighted by Gasteiger charge is 2.33. The van der Waals surface area contributed by atoms with Crippen LogP contribution < -0.4 is 0 Å². The highest BCUT2D eigenvalue weighted by Crippen LogP contribution is 2.27. The predicted octanol–water partition coefficient (Wildman–Crippen LogP) is 2.80. The molecular weight excluding hydrogens is 340 g/mol. The molecule has 0 radical (unpaired) electrons. The van der Waals surface area contributed by atoms with Crippen LogP contribution in [0.3, 0.4) is 0 Å². The molecule has 2 amide bonds. The molecule has 0 N–H and O–H groups in total. The average Bonchev–Trinajstić information content (AvgIpc) is 2.88. The van der Waals surface area contributed by atoms with Gasteiger partial charge >= 0.3 is 0 Å². The third-order valence-corrected chi connectivity index (χ3v) is 4.41. The van der Waals surface area contributed by atoms with Crippen LogP contribution in [0.2, 0.25) is 5.15 Å². The summed E-state index contributed by atoms with van der Waals surface area (Å²) < 4.78 is 28.8. The number of benzene rings is 1. The fourth-order valence-corrected chi connectivity index (χ4v) is 2.97. The van der Waals surface area contributed by atoms with E-state index in [-0.39, 0.29) is 41.8 Å². The van der Waals surface area contributed by atoms with Gasteiger partial charge in [-0.15, -0.1) is 0 Å². The van der Waals surface area contributed by atoms with Crippen LogP contribution in [-0.4, -0.2) is 33.0 Å². The number of rotatable bonds is 3. The zero-order chi connectivity index (χ0) is 17.4. The first-order chi connectivity index (χ1) is 11.4. The summed E-state index contributed by atoms with van der Waals surface area (Å²) in [5.74, 6) is -2.25. The molecule has 0 saturated carbocycles. The lowest BCUT2D eigenvalue weighted by Crippen LogP contribution is -2.41. The van der Waals surface area contributed by atoms with E-state index in [1.54, 1.807) is 6.92 Å². The SMILES string of the molecule is CCC(=O)N1CCc2c(nn(Cc3c(F)cccc3F)c2Cl)C1=O. The van der Waals surface area contributed by atoms with Crippen molar-refractivity contribution in [2.24, 2.45) is 0 Å². The Morgan fingerprint density at radius 1 is 1.33 bits per heavy atom. The number of imide groups is 1. The molecule has 5 nitrogen and oxygen atoms in total. The molecule has 0 bridgehead atoms. The third-order valence-electron chi connectivity index (χ3n) is 3.99. The molecule has 0 atom stereocenters. The number of amides is 2. The van der Waals surface area contributed by atoms with Gasteiger partial charge in [0.1, 0.15) is 16.8 Å². The molecule has 0 fully saturated rings. The van der Waals surface area contributed by atoms with Crippen molar-refractivity contribution in [1.82, 2.24) is 14.7 Å². The van der Waals surface area contributed by atoms with Crippen LogP contribution in [0.15, 0.2) is 18.2 Å². The van der Waals surface area contributed by atoms with Crippen molar-refractivity contribution in [3.05, 3.63) is 51.8 Å². The Morgan fingerprint density at radius 3 is 2.62 bits per heavy atom. The third kappa shape index (κ3) is 2.69. The van der Waals surface area contributed by atoms with E-state index in [1.165, 1.54) is 10.7 Å². The summed E-state index contributed by atoms with van der Waals surface area (Å²) in [5.41, 5.74) is 0.372. The fraction of sp³-hybridized carbons (Fsp3) is 0.312. The number of hydrogen-bond donors (Lipinski definition) is 0. The standard InChI is InChI=1S/C16H14ClF2N3O2/c1-2-13(23)21-7-6-9-14(16(21)24)20-22(15(9)17)8-10-11(18)4-3-5-12(10)19/h3-5H,2,6-8H2,1H3. The maximum Gasteiger partial charge on any atom is 0.281 e. The lowest BCUT2D eigenvalue weighted by Gasteiger charge is -2.23. The van der Waals surface area contributed by atoms with Gasteiger partial charge in [-0.2, -0.15) is 5.10 Å². The minimum atomic E-state index is -0.714. The van der Waals surface area contributed by atoms with Crippen LogP contribution in [0.1, 0.15) is 35.0 Å². The first-order valence-electron chi connectivity index (χ1n) is 7.46. The summed E-state index contributed by atoms with van der Waals surface area (Å²) in [6.07, 6.45) is 0.571. The van der Waals surface area contributed by atoms with E-state index in [0.29, 0.717) is 12.0 Å². The Bertz CT molecular complexity index is 815. The maximum absolute atomic E-state index is 13.8. The molecule has 1 aliphatic heterocycles. The smallest absolute Gasteiger partial charge is 0.277 e. The molecule has 2 heterocycles. The van der Waals surface area contributed by atoms with Gasteiger partial charge in [0, 0.05) is 24.1 Å². The van der Waals surface area contributed by atoms with Crippen molar-refractivity contribution >= 4 is 23.4 Å². The Balaban J connectivity index is 1.97. The molecule has 3 rings (SSSR count). The number of carbonyl (C=O) groups excluding carboxylic acids is 2. The molecule has 24 heavy (non-hydrogen) atoms. The summed E-state index contributed by atoms with van der Waals surface area (Å²) >= 11 is 6.22. The Morgan fingerprint density at radius 2 is 2.00 bits per heavy atom. The topological polar surface area (TPSA) is 55.2 Å². The molecule has 1 aromatic carbocycles. The van der Waals surface area contributed by atoms with Crippen LogP contribution in [0.5, 0.6) is 0 Å². The van der Waals surface area contributed by atoms with Crippen molar-refractivity contribution in [3.8, 4) is 0 Å². The second kappa shape index (κ2) is 6.32. The molecular formula is C16H14ClF2N3O2. The molecule has 2 aromatic rings. The summed E-state index contributed by atoms with van der Waals surface area (Å²) in [6, 6.07) is 3.55. The van der Waals surface area contributed by atoms with Crippen molar-refractivity contribution in [2.45, 2.75) is 26.3 Å². The Kier molecular flexibility index (Phi) is 4.36. The normalized spacial score (nSPS) is 14.0. The van der Waals surface area contributed by atoms with Crippen LogP contribution in [0.25, 0.3) is 0 Å². The molecule has 0 saturated heterocycles. The van der Waals surface area contributed by atoms with Crippen molar-refractivity contribution in [2.75, 3.05) is 6.54 Å². The van der Waals surface area contributed by atoms with Gasteiger partial charge in [0.15, 0.2) is 5.69 Å². The summed E-state index contributed by atoms with van der Waals surface area (Å²) in [4.78, 5) is 25.3. The van der Waals surface area contributed by atoms with Crippen molar-refractivity contribution < 1.29 is 18.4 Å². The molecule has 8 heteroatoms. The number of carbonyl (C=O) groups is 2. The number of fused-ring (bicyclic) bond motifs is 1. The Labute approximate surface area is 141 Å². The van der Waals surface area contributed by atoms with Gasteiger partial charge in [-0.1, -0.05) is 24.6 Å². The maximum atomic E-state index is 13.8. The highest BCUT2D eigenvalue weighted by atomic mass is 35.5. The summed E-state index contributed by atoms with van der Waals surface area (Å²) in [6.45, 7) is 1.65. The summed E-state index contributed by atoms with van der Waals surface area (Å²) in [7, 11) is 0. The highest BCUT2D eigenvalue weighted by molar-refractivity contribution is 6.31. The number of nitrogens with zero attached hydrogens (tertiary/aromatic N) is 3. The largest absolute Gasteiger partial charge is 0.281 e. The van der Waals surface area contributed by atoms with E-state index in [2.05, 4.69) is 5.10 Å². The van der Waals surface area contributed by atoms with E-state index in [1.807, 2.05) is 0 Å². The first kappa shape index (κ1) is 16.6. The van der Waals surface area contributed by atoms with E-state index >= 15 is 0 Å². The number of hydrogen-bond acceptors (Lipinski definition) is 3. The lowest BCUT2D eigenvalue weighted by molar-refractivity contribution is -0.128. The molecule has 1 aliphatic rings. The van der Waals surface area contributed by atoms with Crippen LogP contribution in [0.4, 0.5) is 8.78 Å². The first-order valence-corrected chi connectivity index (χ1v) is 7.84. The van der Waals surface area contributed by atoms with Crippen LogP contribution in [-0.2, 0) is 17.8 Å². The van der Waals surface area contributed by atoms with Gasteiger partial charge in [0.05, 0.1) is 6.54 Å². The zero-order valence-electron chi connectivity index (χ0n) is 12.9. The van der Waals surface area contributed by atoms with E-state index in [4.69, 9.17) is 11.6 Å². The molecule has 0 spiro atoms. The molecule has 1 aromatic heterocycles. The van der Waals surface area contributed by atoms with E-state index < -0.39 is 17.5 Å². The van der Waals surface area contributed by atoms with Gasteiger partial charge in [0.2, 0.25) is 5.91 Å². The monoisotopic (exact) mass is 353 g/mol. The fourth-order valence-electron chi connectivity index (χ4n) is 2.69. The quantitative estimate of drug-likeness (QED) is 0.852. The summed E-state index contributed by atoms with van der Waals surface area (Å²) in [5, 5.41) is 4.24. The van der Waals surface area contributed by atoms with Gasteiger partial charge in [0.25, 0.3) is 5.91 Å². The second-order valence-corrected chi connectivity index (χ2v) is 5.79. The van der Waals surface area contributed by atoms with Gasteiger partial charge in [-0.05, 0) is 18.6 Å². The van der Waals surface area contributed by atoms with E-state index in [0.717, 1.165) is 17.0 Å². The average molecular weight is 354 g/mol. The van der Waals surface area contributed by atoms with Crippen molar-refractivity contribution in [3.63, 3.8) is 0 Å². The lowest BCUT2D eigenvalue weighted by atomic mass is 10.1. The van der Waals surface area contributed by atoms with Gasteiger partial charge < -0.3 is 0 Å². The molecule has 0 unspecified atom stereocenters. The van der Waals surface area contributed by atoms with Crippen molar-refractivity contribution in [1.29, 1.82) is 0 Å². The van der Waals surface area contributed by atoms with Gasteiger partial charge in [-0.3, -0.25) is 14.5 Å².